The molecule has 3 rings (SSSR count). The van der Waals surface area contributed by atoms with Gasteiger partial charge in [-0.05, 0) is 36.4 Å². The van der Waals surface area contributed by atoms with Crippen LogP contribution in [0.1, 0.15) is 10.4 Å². The highest BCUT2D eigenvalue weighted by Gasteiger charge is 2.24. The predicted octanol–water partition coefficient (Wildman–Crippen LogP) is 4.34. The summed E-state index contributed by atoms with van der Waals surface area (Å²) in [4.78, 5) is 28.4. The van der Waals surface area contributed by atoms with E-state index in [1.54, 1.807) is 36.2 Å². The Morgan fingerprint density at radius 2 is 1.83 bits per heavy atom. The van der Waals surface area contributed by atoms with Gasteiger partial charge in [0.05, 0.1) is 23.5 Å². The fraction of sp³-hybridized carbons (Fsp3) is 0.263. The Morgan fingerprint density at radius 3 is 2.52 bits per heavy atom. The van der Waals surface area contributed by atoms with Crippen LogP contribution in [0.2, 0.25) is 0 Å². The number of carbonyl (C=O) groups is 2. The molecule has 1 saturated heterocycles. The van der Waals surface area contributed by atoms with Gasteiger partial charge in [0.1, 0.15) is 5.75 Å². The molecule has 0 radical (unpaired) electrons. The van der Waals surface area contributed by atoms with Crippen LogP contribution >= 0.6 is 31.9 Å². The van der Waals surface area contributed by atoms with E-state index in [9.17, 15) is 18.4 Å². The van der Waals surface area contributed by atoms with Crippen LogP contribution in [0.3, 0.4) is 0 Å². The fourth-order valence-electron chi connectivity index (χ4n) is 2.92. The van der Waals surface area contributed by atoms with Gasteiger partial charge in [0.25, 0.3) is 5.91 Å². The summed E-state index contributed by atoms with van der Waals surface area (Å²) < 4.78 is 31.2. The number of rotatable bonds is 5. The molecule has 29 heavy (non-hydrogen) atoms. The molecule has 2 aromatic rings. The van der Waals surface area contributed by atoms with Crippen molar-refractivity contribution < 1.29 is 23.1 Å². The van der Waals surface area contributed by atoms with E-state index < -0.39 is 12.5 Å². The highest BCUT2D eigenvalue weighted by atomic mass is 79.9. The average Bonchev–Trinajstić information content (AvgIpc) is 2.64. The Bertz CT molecular complexity index is 943. The van der Waals surface area contributed by atoms with Crippen LogP contribution in [0.5, 0.6) is 5.75 Å². The molecule has 1 aliphatic heterocycles. The van der Waals surface area contributed by atoms with Crippen LogP contribution in [-0.2, 0) is 4.79 Å². The number of halogens is 4. The van der Waals surface area contributed by atoms with Crippen molar-refractivity contribution in [2.45, 2.75) is 6.61 Å². The number of nitrogens with zero attached hydrogens (tertiary/aromatic N) is 2. The second kappa shape index (κ2) is 9.08. The molecule has 6 nitrogen and oxygen atoms in total. The van der Waals surface area contributed by atoms with E-state index in [2.05, 4.69) is 41.9 Å². The lowest BCUT2D eigenvalue weighted by Gasteiger charge is -2.34. The van der Waals surface area contributed by atoms with Gasteiger partial charge in [-0.3, -0.25) is 9.59 Å². The normalized spacial score (nSPS) is 14.3. The topological polar surface area (TPSA) is 61.9 Å². The highest BCUT2D eigenvalue weighted by Crippen LogP contribution is 2.32. The maximum atomic E-state index is 12.8. The van der Waals surface area contributed by atoms with Crippen molar-refractivity contribution in [3.63, 3.8) is 0 Å². The summed E-state index contributed by atoms with van der Waals surface area (Å²) in [6, 6.07) is 9.56. The maximum Gasteiger partial charge on any atom is 0.387 e. The summed E-state index contributed by atoms with van der Waals surface area (Å²) in [7, 11) is 1.74. The molecule has 0 unspecified atom stereocenters. The van der Waals surface area contributed by atoms with Crippen molar-refractivity contribution in [2.75, 3.05) is 36.9 Å². The molecule has 2 amide bonds. The van der Waals surface area contributed by atoms with Crippen molar-refractivity contribution in [1.29, 1.82) is 0 Å². The lowest BCUT2D eigenvalue weighted by molar-refractivity contribution is -0.129. The number of benzene rings is 2. The van der Waals surface area contributed by atoms with E-state index in [-0.39, 0.29) is 23.8 Å². The SMILES string of the molecule is CN1CCN(c2ccc(Br)cc2NC(=O)c2ccc(Br)cc2OC(F)F)CC1=O. The minimum atomic E-state index is -3.06. The van der Waals surface area contributed by atoms with Gasteiger partial charge in [-0.1, -0.05) is 31.9 Å². The number of ether oxygens (including phenoxy) is 1. The van der Waals surface area contributed by atoms with Crippen LogP contribution in [0.4, 0.5) is 20.2 Å². The van der Waals surface area contributed by atoms with Crippen LogP contribution in [0, 0.1) is 0 Å². The monoisotopic (exact) mass is 531 g/mol. The minimum absolute atomic E-state index is 0.0306. The summed E-state index contributed by atoms with van der Waals surface area (Å²) in [6.45, 7) is -1.72. The predicted molar refractivity (Wildman–Crippen MR) is 113 cm³/mol. The van der Waals surface area contributed by atoms with E-state index in [1.807, 2.05) is 4.90 Å². The van der Waals surface area contributed by atoms with E-state index in [0.717, 1.165) is 4.47 Å². The lowest BCUT2D eigenvalue weighted by Crippen LogP contribution is -2.48. The Balaban J connectivity index is 1.90. The average molecular weight is 533 g/mol. The number of anilines is 2. The van der Waals surface area contributed by atoms with Gasteiger partial charge in [-0.2, -0.15) is 8.78 Å². The quantitative estimate of drug-likeness (QED) is 0.622. The van der Waals surface area contributed by atoms with E-state index in [1.165, 1.54) is 12.1 Å². The number of carbonyl (C=O) groups excluding carboxylic acids is 2. The third-order valence-electron chi connectivity index (χ3n) is 4.41. The van der Waals surface area contributed by atoms with Gasteiger partial charge in [-0.25, -0.2) is 0 Å². The van der Waals surface area contributed by atoms with Crippen molar-refractivity contribution >= 4 is 55.0 Å². The first kappa shape index (κ1) is 21.5. The number of amides is 2. The summed E-state index contributed by atoms with van der Waals surface area (Å²) in [6.07, 6.45) is 0. The van der Waals surface area contributed by atoms with E-state index in [4.69, 9.17) is 0 Å². The second-order valence-corrected chi connectivity index (χ2v) is 8.20. The molecular formula is C19H17Br2F2N3O3. The largest absolute Gasteiger partial charge is 0.434 e. The summed E-state index contributed by atoms with van der Waals surface area (Å²) in [5.41, 5.74) is 1.08. The molecule has 1 aliphatic rings. The number of likely N-dealkylation sites (N-methyl/N-ethyl adjacent to an activating group) is 1. The first-order valence-corrected chi connectivity index (χ1v) is 10.2. The summed E-state index contributed by atoms with van der Waals surface area (Å²) in [5.74, 6) is -0.872. The molecule has 2 aromatic carbocycles. The number of hydrogen-bond acceptors (Lipinski definition) is 4. The third kappa shape index (κ3) is 5.24. The molecule has 0 aliphatic carbocycles. The first-order chi connectivity index (χ1) is 13.7. The fourth-order valence-corrected chi connectivity index (χ4v) is 3.62. The first-order valence-electron chi connectivity index (χ1n) is 8.59. The zero-order valence-corrected chi connectivity index (χ0v) is 18.5. The highest BCUT2D eigenvalue weighted by molar-refractivity contribution is 9.10. The molecule has 0 atom stereocenters. The van der Waals surface area contributed by atoms with Crippen LogP contribution in [0.15, 0.2) is 45.3 Å². The number of alkyl halides is 2. The maximum absolute atomic E-state index is 12.8. The Labute approximate surface area is 183 Å². The molecular weight excluding hydrogens is 516 g/mol. The zero-order valence-electron chi connectivity index (χ0n) is 15.3. The van der Waals surface area contributed by atoms with Crippen molar-refractivity contribution in [3.8, 4) is 5.75 Å². The Morgan fingerprint density at radius 1 is 1.14 bits per heavy atom. The number of hydrogen-bond donors (Lipinski definition) is 1. The van der Waals surface area contributed by atoms with Gasteiger partial charge in [0, 0.05) is 29.1 Å². The van der Waals surface area contributed by atoms with Crippen molar-refractivity contribution in [2.24, 2.45) is 0 Å². The molecule has 1 fully saturated rings. The van der Waals surface area contributed by atoms with Gasteiger partial charge in [0.15, 0.2) is 0 Å². The number of nitrogens with one attached hydrogen (secondary N) is 1. The van der Waals surface area contributed by atoms with Gasteiger partial charge in [0.2, 0.25) is 5.91 Å². The molecule has 1 heterocycles. The van der Waals surface area contributed by atoms with Crippen LogP contribution in [0.25, 0.3) is 0 Å². The van der Waals surface area contributed by atoms with Gasteiger partial charge < -0.3 is 19.9 Å². The molecule has 0 spiro atoms. The molecule has 0 saturated carbocycles. The van der Waals surface area contributed by atoms with Crippen LogP contribution in [-0.4, -0.2) is 50.0 Å². The van der Waals surface area contributed by atoms with E-state index >= 15 is 0 Å². The summed E-state index contributed by atoms with van der Waals surface area (Å²) in [5, 5.41) is 2.75. The lowest BCUT2D eigenvalue weighted by atomic mass is 10.1. The zero-order chi connectivity index (χ0) is 21.1. The van der Waals surface area contributed by atoms with Crippen molar-refractivity contribution in [1.82, 2.24) is 4.90 Å². The Kier molecular flexibility index (Phi) is 6.74. The number of piperazine rings is 1. The molecule has 10 heteroatoms. The standard InChI is InChI=1S/C19H17Br2F2N3O3/c1-25-6-7-26(10-17(25)27)15-5-3-11(20)8-14(15)24-18(28)13-4-2-12(21)9-16(13)29-19(22)23/h2-5,8-9,19H,6-7,10H2,1H3,(H,24,28). The summed E-state index contributed by atoms with van der Waals surface area (Å²) >= 11 is 6.55. The third-order valence-corrected chi connectivity index (χ3v) is 5.40. The van der Waals surface area contributed by atoms with Crippen LogP contribution < -0.4 is 15.0 Å². The minimum Gasteiger partial charge on any atom is -0.434 e. The Hall–Kier alpha value is -2.20. The second-order valence-electron chi connectivity index (χ2n) is 6.37. The molecule has 154 valence electrons. The molecule has 0 aromatic heterocycles. The van der Waals surface area contributed by atoms with Gasteiger partial charge >= 0.3 is 6.61 Å². The molecule has 1 N–H and O–H groups in total. The molecule has 0 bridgehead atoms. The van der Waals surface area contributed by atoms with Gasteiger partial charge in [-0.15, -0.1) is 0 Å². The van der Waals surface area contributed by atoms with Crippen molar-refractivity contribution in [3.05, 3.63) is 50.9 Å². The smallest absolute Gasteiger partial charge is 0.387 e. The van der Waals surface area contributed by atoms with E-state index in [0.29, 0.717) is 28.9 Å².